The molecule has 0 saturated heterocycles. The molecule has 0 fully saturated rings. The van der Waals surface area contributed by atoms with Crippen LogP contribution in [0.1, 0.15) is 303 Å². The molecule has 0 spiro atoms. The molecular formula is C68H121O11P. The Morgan fingerprint density at radius 1 is 0.362 bits per heavy atom. The van der Waals surface area contributed by atoms with Crippen molar-refractivity contribution < 1.29 is 52.2 Å². The SMILES string of the molecule is CC/C=C\C/C=C\C/C=C\C/C=C\C/C=C\C/C=C\CCC(=O)OC(COC(=O)CCCCCCCCCCCCCCCCC)COP(=O)(O)OCC(CO)OC(=O)CCCCCCCCCCCCCCCCCCCCC. The highest BCUT2D eigenvalue weighted by molar-refractivity contribution is 7.47. The Morgan fingerprint density at radius 3 is 1.00 bits per heavy atom. The zero-order valence-electron chi connectivity index (χ0n) is 51.5. The van der Waals surface area contributed by atoms with Crippen molar-refractivity contribution in [3.05, 3.63) is 72.9 Å². The summed E-state index contributed by atoms with van der Waals surface area (Å²) in [5.74, 6) is -1.55. The average Bonchev–Trinajstić information content (AvgIpc) is 3.45. The molecule has 0 aromatic carbocycles. The van der Waals surface area contributed by atoms with Crippen LogP contribution in [0.2, 0.25) is 0 Å². The summed E-state index contributed by atoms with van der Waals surface area (Å²) in [5, 5.41) is 9.86. The van der Waals surface area contributed by atoms with E-state index in [1.807, 2.05) is 12.2 Å². The van der Waals surface area contributed by atoms with E-state index >= 15 is 0 Å². The Morgan fingerprint density at radius 2 is 0.650 bits per heavy atom. The molecule has 0 amide bonds. The molecule has 12 heteroatoms. The van der Waals surface area contributed by atoms with Crippen LogP contribution in [0.3, 0.4) is 0 Å². The minimum absolute atomic E-state index is 0.0438. The van der Waals surface area contributed by atoms with Gasteiger partial charge in [-0.1, -0.05) is 299 Å². The Balaban J connectivity index is 4.73. The number of hydrogen-bond acceptors (Lipinski definition) is 10. The number of carbonyl (C=O) groups is 3. The van der Waals surface area contributed by atoms with Crippen molar-refractivity contribution in [2.45, 2.75) is 315 Å². The van der Waals surface area contributed by atoms with Gasteiger partial charge in [-0.2, -0.15) is 0 Å². The number of esters is 3. The van der Waals surface area contributed by atoms with Crippen molar-refractivity contribution >= 4 is 25.7 Å². The monoisotopic (exact) mass is 1140 g/mol. The lowest BCUT2D eigenvalue weighted by atomic mass is 10.0. The fourth-order valence-corrected chi connectivity index (χ4v) is 9.99. The third kappa shape index (κ3) is 59.5. The second kappa shape index (κ2) is 62.0. The van der Waals surface area contributed by atoms with Crippen molar-refractivity contribution in [1.82, 2.24) is 0 Å². The zero-order chi connectivity index (χ0) is 58.3. The van der Waals surface area contributed by atoms with Crippen molar-refractivity contribution in [3.8, 4) is 0 Å². The van der Waals surface area contributed by atoms with E-state index in [1.165, 1.54) is 167 Å². The van der Waals surface area contributed by atoms with E-state index in [1.54, 1.807) is 0 Å². The number of unbranched alkanes of at least 4 members (excludes halogenated alkanes) is 32. The largest absolute Gasteiger partial charge is 0.472 e. The Labute approximate surface area is 490 Å². The highest BCUT2D eigenvalue weighted by Gasteiger charge is 2.28. The van der Waals surface area contributed by atoms with E-state index in [4.69, 9.17) is 23.3 Å². The molecule has 0 radical (unpaired) electrons. The second-order valence-electron chi connectivity index (χ2n) is 21.9. The fraction of sp³-hybridized carbons (Fsp3) is 0.779. The second-order valence-corrected chi connectivity index (χ2v) is 23.4. The molecule has 11 nitrogen and oxygen atoms in total. The molecule has 0 aliphatic heterocycles. The maximum Gasteiger partial charge on any atom is 0.472 e. The van der Waals surface area contributed by atoms with E-state index in [9.17, 15) is 28.9 Å². The van der Waals surface area contributed by atoms with Crippen LogP contribution in [0.5, 0.6) is 0 Å². The van der Waals surface area contributed by atoms with Gasteiger partial charge in [0.15, 0.2) is 6.10 Å². The minimum atomic E-state index is -4.77. The number of aliphatic hydroxyl groups excluding tert-OH is 1. The summed E-state index contributed by atoms with van der Waals surface area (Å²) < 4.78 is 39.6. The number of allylic oxidation sites excluding steroid dienone is 12. The highest BCUT2D eigenvalue weighted by atomic mass is 31.2. The number of hydrogen-bond donors (Lipinski definition) is 2. The van der Waals surface area contributed by atoms with E-state index in [-0.39, 0.29) is 25.9 Å². The summed E-state index contributed by atoms with van der Waals surface area (Å²) in [6.45, 7) is 4.51. The molecule has 0 aromatic rings. The number of phosphoric ester groups is 1. The zero-order valence-corrected chi connectivity index (χ0v) is 52.4. The molecule has 0 saturated carbocycles. The Kier molecular flexibility index (Phi) is 59.6. The summed E-state index contributed by atoms with van der Waals surface area (Å²) >= 11 is 0. The number of rotatable bonds is 61. The van der Waals surface area contributed by atoms with Gasteiger partial charge in [0.25, 0.3) is 0 Å². The smallest absolute Gasteiger partial charge is 0.462 e. The van der Waals surface area contributed by atoms with Gasteiger partial charge in [-0.25, -0.2) is 4.57 Å². The summed E-state index contributed by atoms with van der Waals surface area (Å²) in [6.07, 6.45) is 71.6. The Bertz CT molecular complexity index is 1620. The normalized spacial score (nSPS) is 13.7. The van der Waals surface area contributed by atoms with E-state index in [2.05, 4.69) is 81.5 Å². The molecule has 0 aliphatic carbocycles. The van der Waals surface area contributed by atoms with Gasteiger partial charge in [-0.3, -0.25) is 23.4 Å². The molecule has 0 aliphatic rings. The highest BCUT2D eigenvalue weighted by Crippen LogP contribution is 2.43. The standard InChI is InChI=1S/C68H121O11P/c1-4-7-10-13-16-19-22-25-28-30-32-34-37-40-43-46-49-52-55-58-67(71)78-64(60-69)62-76-80(73,74)77-63-65(61-75-66(70)57-54-51-48-45-42-39-36-27-24-21-18-15-12-9-6-3)79-68(72)59-56-53-50-47-44-41-38-35-33-31-29-26-23-20-17-14-11-8-5-2/h8,11,17,20,26,29,33,35,41,44,50,53,64-65,69H,4-7,9-10,12-16,18-19,21-25,27-28,30-32,34,36-40,42-43,45-49,51-52,54-63H2,1-3H3,(H,73,74)/b11-8-,20-17-,29-26-,35-33-,44-41-,53-50-. The summed E-state index contributed by atoms with van der Waals surface area (Å²) in [4.78, 5) is 48.7. The number of carbonyl (C=O) groups excluding carboxylic acids is 3. The average molecular weight is 1150 g/mol. The molecule has 464 valence electrons. The maximum absolute atomic E-state index is 13.0. The van der Waals surface area contributed by atoms with Gasteiger partial charge in [0, 0.05) is 19.3 Å². The molecule has 2 N–H and O–H groups in total. The topological polar surface area (TPSA) is 155 Å². The lowest BCUT2D eigenvalue weighted by Crippen LogP contribution is -2.30. The van der Waals surface area contributed by atoms with Crippen LogP contribution in [0.15, 0.2) is 72.9 Å². The van der Waals surface area contributed by atoms with Gasteiger partial charge < -0.3 is 24.2 Å². The van der Waals surface area contributed by atoms with Crippen LogP contribution < -0.4 is 0 Å². The first-order chi connectivity index (χ1) is 39.2. The third-order valence-corrected chi connectivity index (χ3v) is 15.1. The number of aliphatic hydroxyl groups is 1. The molecule has 0 aromatic heterocycles. The van der Waals surface area contributed by atoms with Crippen LogP contribution in [-0.2, 0) is 42.2 Å². The molecular weight excluding hydrogens is 1020 g/mol. The quantitative estimate of drug-likeness (QED) is 0.0197. The maximum atomic E-state index is 13.0. The van der Waals surface area contributed by atoms with Crippen LogP contribution >= 0.6 is 7.82 Å². The molecule has 80 heavy (non-hydrogen) atoms. The molecule has 3 unspecified atom stereocenters. The summed E-state index contributed by atoms with van der Waals surface area (Å²) in [7, 11) is -4.77. The van der Waals surface area contributed by atoms with Gasteiger partial charge in [-0.05, 0) is 57.8 Å². The van der Waals surface area contributed by atoms with Crippen molar-refractivity contribution in [2.24, 2.45) is 0 Å². The van der Waals surface area contributed by atoms with Gasteiger partial charge in [-0.15, -0.1) is 0 Å². The molecule has 0 bridgehead atoms. The van der Waals surface area contributed by atoms with Crippen LogP contribution in [-0.4, -0.2) is 66.5 Å². The minimum Gasteiger partial charge on any atom is -0.462 e. The first-order valence-electron chi connectivity index (χ1n) is 32.8. The predicted octanol–water partition coefficient (Wildman–Crippen LogP) is 20.0. The fourth-order valence-electron chi connectivity index (χ4n) is 9.21. The van der Waals surface area contributed by atoms with Crippen LogP contribution in [0.25, 0.3) is 0 Å². The van der Waals surface area contributed by atoms with Gasteiger partial charge in [0.2, 0.25) is 0 Å². The third-order valence-electron chi connectivity index (χ3n) is 14.2. The lowest BCUT2D eigenvalue weighted by Gasteiger charge is -2.21. The summed E-state index contributed by atoms with van der Waals surface area (Å²) in [6, 6.07) is 0. The molecule has 3 atom stereocenters. The predicted molar refractivity (Wildman–Crippen MR) is 335 cm³/mol. The van der Waals surface area contributed by atoms with Crippen molar-refractivity contribution in [2.75, 3.05) is 26.4 Å². The van der Waals surface area contributed by atoms with Crippen LogP contribution in [0, 0.1) is 0 Å². The van der Waals surface area contributed by atoms with Gasteiger partial charge in [0.05, 0.1) is 19.8 Å². The van der Waals surface area contributed by atoms with Crippen LogP contribution in [0.4, 0.5) is 0 Å². The molecule has 0 heterocycles. The van der Waals surface area contributed by atoms with E-state index in [0.29, 0.717) is 19.3 Å². The van der Waals surface area contributed by atoms with Crippen molar-refractivity contribution in [1.29, 1.82) is 0 Å². The van der Waals surface area contributed by atoms with Gasteiger partial charge in [0.1, 0.15) is 12.7 Å². The Hall–Kier alpha value is -3.08. The van der Waals surface area contributed by atoms with Gasteiger partial charge >= 0.3 is 25.7 Å². The van der Waals surface area contributed by atoms with E-state index < -0.39 is 57.8 Å². The molecule has 0 rings (SSSR count). The lowest BCUT2D eigenvalue weighted by molar-refractivity contribution is -0.161. The summed E-state index contributed by atoms with van der Waals surface area (Å²) in [5.41, 5.74) is 0. The first kappa shape index (κ1) is 76.9. The number of ether oxygens (including phenoxy) is 3. The first-order valence-corrected chi connectivity index (χ1v) is 34.3. The van der Waals surface area contributed by atoms with Crippen molar-refractivity contribution in [3.63, 3.8) is 0 Å². The number of phosphoric acid groups is 1. The van der Waals surface area contributed by atoms with E-state index in [0.717, 1.165) is 77.0 Å².